The molecule has 2 heteroatoms. The second-order valence-electron chi connectivity index (χ2n) is 8.60. The average Bonchev–Trinajstić information content (AvgIpc) is 2.93. The summed E-state index contributed by atoms with van der Waals surface area (Å²) in [6.07, 6.45) is 21.1. The summed E-state index contributed by atoms with van der Waals surface area (Å²) >= 11 is 0. The Hall–Kier alpha value is -1.02. The molecule has 1 saturated carbocycles. The first-order chi connectivity index (χ1) is 11.9. The minimum absolute atomic E-state index is 0.0487. The molecule has 0 saturated heterocycles. The molecule has 0 aromatic rings. The summed E-state index contributed by atoms with van der Waals surface area (Å²) in [7, 11) is 0. The van der Waals surface area contributed by atoms with Crippen LogP contribution in [0.2, 0.25) is 0 Å². The molecule has 0 aromatic heterocycles. The maximum Gasteiger partial charge on any atom is 0.116 e. The Morgan fingerprint density at radius 3 is 2.32 bits per heavy atom. The Labute approximate surface area is 155 Å². The zero-order valence-electron chi connectivity index (χ0n) is 16.9. The molecule has 25 heavy (non-hydrogen) atoms. The van der Waals surface area contributed by atoms with Gasteiger partial charge in [0.05, 0.1) is 0 Å². The highest BCUT2D eigenvalue weighted by Crippen LogP contribution is 2.36. The predicted octanol–water partition coefficient (Wildman–Crippen LogP) is 6.43. The molecule has 0 aromatic carbocycles. The summed E-state index contributed by atoms with van der Waals surface area (Å²) < 4.78 is 6.61. The topological polar surface area (TPSA) is 35.2 Å². The third-order valence-corrected chi connectivity index (χ3v) is 5.98. The first-order valence-corrected chi connectivity index (χ1v) is 10.5. The van der Waals surface area contributed by atoms with Crippen LogP contribution in [0.1, 0.15) is 91.9 Å². The minimum atomic E-state index is -0.191. The van der Waals surface area contributed by atoms with E-state index in [1.54, 1.807) is 0 Å². The van der Waals surface area contributed by atoms with Gasteiger partial charge in [0.25, 0.3) is 0 Å². The van der Waals surface area contributed by atoms with Crippen LogP contribution in [0.5, 0.6) is 0 Å². The van der Waals surface area contributed by atoms with Gasteiger partial charge in [0.1, 0.15) is 11.4 Å². The molecule has 0 spiro atoms. The summed E-state index contributed by atoms with van der Waals surface area (Å²) in [6.45, 7) is 8.82. The quantitative estimate of drug-likeness (QED) is 0.540. The van der Waals surface area contributed by atoms with Gasteiger partial charge in [-0.3, -0.25) is 0 Å². The summed E-state index contributed by atoms with van der Waals surface area (Å²) in [5.41, 5.74) is 7.70. The van der Waals surface area contributed by atoms with Crippen LogP contribution in [0.15, 0.2) is 35.6 Å². The van der Waals surface area contributed by atoms with Gasteiger partial charge in [-0.05, 0) is 76.5 Å². The molecule has 0 aliphatic heterocycles. The summed E-state index contributed by atoms with van der Waals surface area (Å²) in [5, 5.41) is 0. The van der Waals surface area contributed by atoms with Crippen LogP contribution >= 0.6 is 0 Å². The highest BCUT2D eigenvalue weighted by molar-refractivity contribution is 5.33. The van der Waals surface area contributed by atoms with E-state index in [0.29, 0.717) is 5.92 Å². The largest absolute Gasteiger partial charge is 0.488 e. The highest BCUT2D eigenvalue weighted by atomic mass is 16.5. The van der Waals surface area contributed by atoms with Crippen LogP contribution < -0.4 is 5.73 Å². The Morgan fingerprint density at radius 2 is 1.76 bits per heavy atom. The van der Waals surface area contributed by atoms with Crippen LogP contribution in [0.4, 0.5) is 0 Å². The molecular weight excluding hydrogens is 306 g/mol. The maximum atomic E-state index is 6.61. The van der Waals surface area contributed by atoms with E-state index in [-0.39, 0.29) is 11.1 Å². The van der Waals surface area contributed by atoms with Crippen LogP contribution in [-0.4, -0.2) is 11.1 Å². The monoisotopic (exact) mass is 345 g/mol. The third-order valence-electron chi connectivity index (χ3n) is 5.98. The zero-order chi connectivity index (χ0) is 18.3. The number of rotatable bonds is 7. The van der Waals surface area contributed by atoms with Gasteiger partial charge >= 0.3 is 0 Å². The Bertz CT molecular complexity index is 499. The van der Waals surface area contributed by atoms with E-state index in [9.17, 15) is 0 Å². The standard InChI is InChI=1S/C23H39NO/c1-5-12-21(22(3,4)24)19-13-11-14-20(16-15-19)25-23(6-2)17-9-7-8-10-18-23/h13-16,21H,5-12,17-18,24H2,1-4H3. The Balaban J connectivity index is 2.10. The van der Waals surface area contributed by atoms with Gasteiger partial charge in [-0.2, -0.15) is 0 Å². The Kier molecular flexibility index (Phi) is 7.37. The zero-order valence-corrected chi connectivity index (χ0v) is 16.9. The SMILES string of the molecule is CCCC(C1=CCC=C(OC2(CC)CCCCCC2)C=C1)C(C)(C)N. The lowest BCUT2D eigenvalue weighted by atomic mass is 9.79. The van der Waals surface area contributed by atoms with E-state index in [1.165, 1.54) is 44.1 Å². The van der Waals surface area contributed by atoms with E-state index in [0.717, 1.165) is 31.4 Å². The van der Waals surface area contributed by atoms with Crippen molar-refractivity contribution in [3.8, 4) is 0 Å². The molecule has 0 heterocycles. The average molecular weight is 346 g/mol. The predicted molar refractivity (Wildman–Crippen MR) is 108 cm³/mol. The molecule has 1 atom stereocenters. The lowest BCUT2D eigenvalue weighted by Gasteiger charge is -2.33. The summed E-state index contributed by atoms with van der Waals surface area (Å²) in [4.78, 5) is 0. The second-order valence-corrected chi connectivity index (χ2v) is 8.60. The fourth-order valence-electron chi connectivity index (χ4n) is 4.37. The van der Waals surface area contributed by atoms with Crippen LogP contribution in [0.3, 0.4) is 0 Å². The first-order valence-electron chi connectivity index (χ1n) is 10.5. The number of allylic oxidation sites excluding steroid dienone is 4. The number of nitrogens with two attached hydrogens (primary N) is 1. The molecule has 142 valence electrons. The molecular formula is C23H39NO. The number of hydrogen-bond donors (Lipinski definition) is 1. The molecule has 2 nitrogen and oxygen atoms in total. The molecule has 1 fully saturated rings. The summed E-state index contributed by atoms with van der Waals surface area (Å²) in [5.74, 6) is 1.46. The minimum Gasteiger partial charge on any atom is -0.488 e. The number of ether oxygens (including phenoxy) is 1. The van der Waals surface area contributed by atoms with Crippen LogP contribution in [-0.2, 0) is 4.74 Å². The van der Waals surface area contributed by atoms with E-state index >= 15 is 0 Å². The highest BCUT2D eigenvalue weighted by Gasteiger charge is 2.32. The van der Waals surface area contributed by atoms with Gasteiger partial charge in [-0.1, -0.05) is 45.3 Å². The molecule has 0 amide bonds. The van der Waals surface area contributed by atoms with Crippen molar-refractivity contribution < 1.29 is 4.74 Å². The fraction of sp³-hybridized carbons (Fsp3) is 0.739. The van der Waals surface area contributed by atoms with Crippen LogP contribution in [0.25, 0.3) is 0 Å². The van der Waals surface area contributed by atoms with Crippen molar-refractivity contribution in [3.05, 3.63) is 35.6 Å². The lowest BCUT2D eigenvalue weighted by molar-refractivity contribution is -0.00920. The normalized spacial score (nSPS) is 22.4. The van der Waals surface area contributed by atoms with Gasteiger partial charge in [0.15, 0.2) is 0 Å². The summed E-state index contributed by atoms with van der Waals surface area (Å²) in [6, 6.07) is 0. The van der Waals surface area contributed by atoms with Gasteiger partial charge in [-0.25, -0.2) is 0 Å². The van der Waals surface area contributed by atoms with E-state index in [1.807, 2.05) is 0 Å². The van der Waals surface area contributed by atoms with Crippen molar-refractivity contribution in [2.75, 3.05) is 0 Å². The van der Waals surface area contributed by atoms with Crippen molar-refractivity contribution in [2.45, 2.75) is 103 Å². The molecule has 2 rings (SSSR count). The molecule has 0 radical (unpaired) electrons. The maximum absolute atomic E-state index is 6.61. The first kappa shape index (κ1) is 20.3. The van der Waals surface area contributed by atoms with E-state index < -0.39 is 0 Å². The number of hydrogen-bond acceptors (Lipinski definition) is 2. The second kappa shape index (κ2) is 9.07. The van der Waals surface area contributed by atoms with Gasteiger partial charge in [0.2, 0.25) is 0 Å². The van der Waals surface area contributed by atoms with E-state index in [4.69, 9.17) is 10.5 Å². The smallest absolute Gasteiger partial charge is 0.116 e. The van der Waals surface area contributed by atoms with Gasteiger partial charge in [0, 0.05) is 11.5 Å². The van der Waals surface area contributed by atoms with E-state index in [2.05, 4.69) is 52.0 Å². The van der Waals surface area contributed by atoms with Crippen molar-refractivity contribution in [1.82, 2.24) is 0 Å². The third kappa shape index (κ3) is 5.74. The lowest BCUT2D eigenvalue weighted by Crippen LogP contribution is -2.41. The van der Waals surface area contributed by atoms with Crippen molar-refractivity contribution >= 4 is 0 Å². The van der Waals surface area contributed by atoms with Crippen LogP contribution in [0, 0.1) is 5.92 Å². The van der Waals surface area contributed by atoms with Crippen molar-refractivity contribution in [3.63, 3.8) is 0 Å². The van der Waals surface area contributed by atoms with Crippen molar-refractivity contribution in [2.24, 2.45) is 11.7 Å². The molecule has 2 N–H and O–H groups in total. The van der Waals surface area contributed by atoms with Crippen molar-refractivity contribution in [1.29, 1.82) is 0 Å². The molecule has 2 aliphatic carbocycles. The van der Waals surface area contributed by atoms with Gasteiger partial charge < -0.3 is 10.5 Å². The fourth-order valence-corrected chi connectivity index (χ4v) is 4.37. The van der Waals surface area contributed by atoms with Gasteiger partial charge in [-0.15, -0.1) is 0 Å². The molecule has 2 aliphatic rings. The molecule has 0 bridgehead atoms. The molecule has 1 unspecified atom stereocenters. The Morgan fingerprint density at radius 1 is 1.08 bits per heavy atom.